The standard InChI is InChI=1S/C42H48N12O24S6/c55-13-11-53(12-14-56)41-49-37(47-39(50-41)45-31-17-29(79(61,62)63)7-9-33(31)81(67,68)69)43-25-5-3-23(35(15-25)83(73,74)75)1-2-24-4-6-26(16-36(24)84(76,77)78)44-38-48-40(52-42(51-38)54(27(19-57)20-58)28(21-59)22-60)46-32-18-30(80(64,65)66)8-10-34(32)82(70,71)72/h1-10,15-18,27-28,55-60H,11-14,19-22H2,(H,61,62,63)(H,64,65,66)(H,67,68,69)(H,70,71,72)(H,73,74,75)(H,76,77,78)(H2,43,45,47,49,50)(H2,44,46,48,51,52). The number of aliphatic hydroxyl groups is 6. The van der Waals surface area contributed by atoms with Crippen molar-refractivity contribution in [3.63, 3.8) is 0 Å². The zero-order valence-corrected chi connectivity index (χ0v) is 47.1. The average molecular weight is 1300 g/mol. The predicted octanol–water partition coefficient (Wildman–Crippen LogP) is -1.01. The number of nitrogens with one attached hydrogen (secondary N) is 4. The fraction of sp³-hybridized carbons (Fsp3) is 0.238. The van der Waals surface area contributed by atoms with Gasteiger partial charge in [-0.05, 0) is 71.8 Å². The third kappa shape index (κ3) is 16.7. The van der Waals surface area contributed by atoms with Crippen LogP contribution in [0.25, 0.3) is 12.2 Å². The summed E-state index contributed by atoms with van der Waals surface area (Å²) in [5, 5.41) is 69.8. The van der Waals surface area contributed by atoms with Gasteiger partial charge in [0.1, 0.15) is 19.6 Å². The molecule has 0 spiro atoms. The molecule has 0 radical (unpaired) electrons. The fourth-order valence-electron chi connectivity index (χ4n) is 7.46. The van der Waals surface area contributed by atoms with E-state index in [4.69, 9.17) is 0 Å². The van der Waals surface area contributed by atoms with E-state index in [-0.39, 0.29) is 41.5 Å². The fourth-order valence-corrected chi connectivity index (χ4v) is 11.2. The molecule has 6 aromatic rings. The SMILES string of the molecule is O=S(=O)(O)c1ccc(S(=O)(=O)O)c(Nc2nc(Nc3ccc(C=Cc4ccc(Nc5nc(Nc6cc(S(=O)(=O)O)ccc6S(=O)(=O)O)nc(N(C(CO)CO)C(CO)CO)n5)cc4S(=O)(=O)O)c(S(=O)(=O)O)c3)nc(N(CCO)CCO)n2)c1. The molecule has 0 aliphatic rings. The minimum Gasteiger partial charge on any atom is -0.395 e. The molecule has 6 rings (SSSR count). The van der Waals surface area contributed by atoms with E-state index in [1.807, 2.05) is 0 Å². The van der Waals surface area contributed by atoms with Crippen molar-refractivity contribution in [1.82, 2.24) is 29.9 Å². The Balaban J connectivity index is 1.41. The Labute approximate surface area is 476 Å². The molecule has 84 heavy (non-hydrogen) atoms. The van der Waals surface area contributed by atoms with E-state index in [1.165, 1.54) is 11.0 Å². The summed E-state index contributed by atoms with van der Waals surface area (Å²) in [5.74, 6) is -3.56. The Morgan fingerprint density at radius 3 is 1.04 bits per heavy atom. The maximum Gasteiger partial charge on any atom is 0.296 e. The van der Waals surface area contributed by atoms with Crippen LogP contribution in [0.4, 0.5) is 58.4 Å². The zero-order valence-electron chi connectivity index (χ0n) is 42.2. The van der Waals surface area contributed by atoms with Crippen molar-refractivity contribution in [2.24, 2.45) is 0 Å². The van der Waals surface area contributed by atoms with E-state index < -0.39 is 183 Å². The molecule has 0 aliphatic carbocycles. The van der Waals surface area contributed by atoms with Crippen LogP contribution in [0.15, 0.2) is 102 Å². The number of aliphatic hydroxyl groups excluding tert-OH is 6. The van der Waals surface area contributed by atoms with Crippen LogP contribution in [0, 0.1) is 0 Å². The van der Waals surface area contributed by atoms with E-state index in [0.717, 1.165) is 47.4 Å². The molecule has 2 heterocycles. The quantitative estimate of drug-likeness (QED) is 0.0207. The Hall–Kier alpha value is -7.34. The van der Waals surface area contributed by atoms with Gasteiger partial charge in [-0.2, -0.15) is 80.4 Å². The summed E-state index contributed by atoms with van der Waals surface area (Å²) >= 11 is 0. The van der Waals surface area contributed by atoms with Crippen LogP contribution in [-0.2, 0) is 60.7 Å². The minimum absolute atomic E-state index is 0.236. The number of anilines is 10. The monoisotopic (exact) mass is 1300 g/mol. The number of hydrogen-bond donors (Lipinski definition) is 16. The number of rotatable bonds is 28. The maximum atomic E-state index is 12.9. The van der Waals surface area contributed by atoms with Gasteiger partial charge in [0, 0.05) is 24.5 Å². The van der Waals surface area contributed by atoms with Crippen molar-refractivity contribution >= 4 is 131 Å². The number of aromatic nitrogens is 6. The third-order valence-corrected chi connectivity index (χ3v) is 16.6. The van der Waals surface area contributed by atoms with Crippen molar-refractivity contribution < 1.29 is 108 Å². The molecule has 0 fully saturated rings. The predicted molar refractivity (Wildman–Crippen MR) is 291 cm³/mol. The van der Waals surface area contributed by atoms with E-state index in [1.54, 1.807) is 0 Å². The summed E-state index contributed by atoms with van der Waals surface area (Å²) in [6, 6.07) is 6.82. The molecule has 42 heteroatoms. The molecular formula is C42H48N12O24S6. The third-order valence-electron chi connectivity index (χ3n) is 11.2. The van der Waals surface area contributed by atoms with Crippen LogP contribution in [0.2, 0.25) is 0 Å². The summed E-state index contributed by atoms with van der Waals surface area (Å²) in [7, 11) is -30.8. The van der Waals surface area contributed by atoms with Crippen molar-refractivity contribution in [3.05, 3.63) is 83.9 Å². The minimum atomic E-state index is -5.27. The highest BCUT2D eigenvalue weighted by atomic mass is 32.2. The first-order chi connectivity index (χ1) is 39.1. The lowest BCUT2D eigenvalue weighted by Gasteiger charge is -2.35. The lowest BCUT2D eigenvalue weighted by Crippen LogP contribution is -2.51. The van der Waals surface area contributed by atoms with Crippen LogP contribution < -0.4 is 31.1 Å². The second-order valence-electron chi connectivity index (χ2n) is 16.9. The van der Waals surface area contributed by atoms with Gasteiger partial charge in [-0.15, -0.1) is 0 Å². The second kappa shape index (κ2) is 26.3. The van der Waals surface area contributed by atoms with Gasteiger partial charge in [-0.25, -0.2) is 0 Å². The van der Waals surface area contributed by atoms with Gasteiger partial charge in [0.15, 0.2) is 0 Å². The smallest absolute Gasteiger partial charge is 0.296 e. The largest absolute Gasteiger partial charge is 0.395 e. The van der Waals surface area contributed by atoms with E-state index >= 15 is 0 Å². The molecule has 0 unspecified atom stereocenters. The summed E-state index contributed by atoms with van der Waals surface area (Å²) in [6.45, 7) is -5.13. The molecule has 0 saturated carbocycles. The van der Waals surface area contributed by atoms with Gasteiger partial charge >= 0.3 is 0 Å². The molecular weight excluding hydrogens is 1250 g/mol. The lowest BCUT2D eigenvalue weighted by atomic mass is 10.1. The van der Waals surface area contributed by atoms with Gasteiger partial charge < -0.3 is 61.7 Å². The van der Waals surface area contributed by atoms with Gasteiger partial charge in [0.05, 0.1) is 72.9 Å². The molecule has 4 aromatic carbocycles. The molecule has 0 atom stereocenters. The summed E-state index contributed by atoms with van der Waals surface area (Å²) in [6.07, 6.45) is 1.94. The summed E-state index contributed by atoms with van der Waals surface area (Å²) in [5.41, 5.74) is -2.76. The molecule has 2 aromatic heterocycles. The Morgan fingerprint density at radius 1 is 0.393 bits per heavy atom. The zero-order chi connectivity index (χ0) is 62.3. The number of hydrogen-bond acceptors (Lipinski definition) is 30. The topological polar surface area (TPSA) is 580 Å². The van der Waals surface area contributed by atoms with Crippen LogP contribution in [0.1, 0.15) is 11.1 Å². The first kappa shape index (κ1) is 65.8. The Kier molecular flexibility index (Phi) is 20.6. The molecule has 456 valence electrons. The molecule has 0 aliphatic heterocycles. The summed E-state index contributed by atoms with van der Waals surface area (Å²) < 4.78 is 209. The van der Waals surface area contributed by atoms with Crippen molar-refractivity contribution in [3.8, 4) is 0 Å². The summed E-state index contributed by atoms with van der Waals surface area (Å²) in [4.78, 5) is 21.3. The van der Waals surface area contributed by atoms with Gasteiger partial charge in [0.2, 0.25) is 35.7 Å². The first-order valence-electron chi connectivity index (χ1n) is 23.0. The van der Waals surface area contributed by atoms with E-state index in [2.05, 4.69) is 51.2 Å². The number of nitrogens with zero attached hydrogens (tertiary/aromatic N) is 8. The first-order valence-corrected chi connectivity index (χ1v) is 31.6. The highest BCUT2D eigenvalue weighted by molar-refractivity contribution is 7.87. The van der Waals surface area contributed by atoms with Crippen molar-refractivity contribution in [1.29, 1.82) is 0 Å². The molecule has 36 nitrogen and oxygen atoms in total. The van der Waals surface area contributed by atoms with Gasteiger partial charge in [-0.3, -0.25) is 27.3 Å². The van der Waals surface area contributed by atoms with E-state index in [9.17, 15) is 108 Å². The molecule has 16 N–H and O–H groups in total. The van der Waals surface area contributed by atoms with Crippen LogP contribution in [-0.4, -0.2) is 203 Å². The lowest BCUT2D eigenvalue weighted by molar-refractivity contribution is 0.142. The van der Waals surface area contributed by atoms with Crippen LogP contribution in [0.5, 0.6) is 0 Å². The van der Waals surface area contributed by atoms with Crippen molar-refractivity contribution in [2.45, 2.75) is 41.5 Å². The highest BCUT2D eigenvalue weighted by Crippen LogP contribution is 2.33. The highest BCUT2D eigenvalue weighted by Gasteiger charge is 2.30. The van der Waals surface area contributed by atoms with Gasteiger partial charge in [0.25, 0.3) is 60.7 Å². The molecule has 0 saturated heterocycles. The second-order valence-corrected chi connectivity index (χ2v) is 25.4. The van der Waals surface area contributed by atoms with Crippen LogP contribution in [0.3, 0.4) is 0 Å². The van der Waals surface area contributed by atoms with Crippen LogP contribution >= 0.6 is 0 Å². The average Bonchev–Trinajstić information content (AvgIpc) is 2.80. The molecule has 0 amide bonds. The molecule has 0 bridgehead atoms. The maximum absolute atomic E-state index is 12.9. The van der Waals surface area contributed by atoms with E-state index in [0.29, 0.717) is 36.4 Å². The number of benzene rings is 4. The Bertz CT molecular complexity index is 4160. The Morgan fingerprint density at radius 2 is 0.726 bits per heavy atom. The van der Waals surface area contributed by atoms with Crippen molar-refractivity contribution in [2.75, 3.05) is 83.8 Å². The normalized spacial score (nSPS) is 12.7. The van der Waals surface area contributed by atoms with Gasteiger partial charge in [-0.1, -0.05) is 24.3 Å².